The molecule has 1 unspecified atom stereocenters. The van der Waals surface area contributed by atoms with Crippen LogP contribution in [0.1, 0.15) is 11.6 Å². The van der Waals surface area contributed by atoms with Crippen LogP contribution < -0.4 is 4.72 Å². The van der Waals surface area contributed by atoms with Crippen molar-refractivity contribution in [1.82, 2.24) is 14.7 Å². The van der Waals surface area contributed by atoms with E-state index in [-0.39, 0.29) is 10.9 Å². The minimum absolute atomic E-state index is 0.0218. The zero-order valence-electron chi connectivity index (χ0n) is 9.38. The molecular weight excluding hydrogens is 274 g/mol. The quantitative estimate of drug-likeness (QED) is 0.821. The number of aromatic nitrogens is 2. The Labute approximate surface area is 110 Å². The molecule has 0 fully saturated rings. The predicted molar refractivity (Wildman–Crippen MR) is 68.8 cm³/mol. The van der Waals surface area contributed by atoms with Crippen LogP contribution in [-0.2, 0) is 10.0 Å². The Kier molecular flexibility index (Phi) is 4.00. The molecule has 0 amide bonds. The minimum Gasteiger partial charge on any atom is -0.335 e. The Bertz CT molecular complexity index is 584. The number of hydrogen-bond acceptors (Lipinski definition) is 3. The number of sulfonamides is 1. The summed E-state index contributed by atoms with van der Waals surface area (Å²) in [5.74, 6) is 0.150. The highest BCUT2D eigenvalue weighted by atomic mass is 35.5. The molecule has 0 saturated heterocycles. The second-order valence-electron chi connectivity index (χ2n) is 3.65. The van der Waals surface area contributed by atoms with Crippen LogP contribution in [-0.4, -0.2) is 24.3 Å². The third-order valence-corrected chi connectivity index (χ3v) is 4.12. The fraction of sp³-hybridized carbons (Fsp3) is 0.182. The summed E-state index contributed by atoms with van der Waals surface area (Å²) < 4.78 is 26.5. The molecule has 0 aliphatic carbocycles. The molecule has 2 N–H and O–H groups in total. The second kappa shape index (κ2) is 5.51. The summed E-state index contributed by atoms with van der Waals surface area (Å²) in [4.78, 5) is 6.24. The van der Waals surface area contributed by atoms with Gasteiger partial charge in [0.25, 0.3) is 10.0 Å². The highest BCUT2D eigenvalue weighted by molar-refractivity contribution is 7.89. The van der Waals surface area contributed by atoms with Gasteiger partial charge in [-0.1, -0.05) is 30.3 Å². The number of imidazole rings is 1. The Morgan fingerprint density at radius 2 is 2.06 bits per heavy atom. The van der Waals surface area contributed by atoms with Crippen molar-refractivity contribution in [3.8, 4) is 0 Å². The number of rotatable bonds is 5. The van der Waals surface area contributed by atoms with Gasteiger partial charge in [0.1, 0.15) is 0 Å². The molecule has 0 spiro atoms. The van der Waals surface area contributed by atoms with E-state index in [0.717, 1.165) is 5.56 Å². The van der Waals surface area contributed by atoms with Gasteiger partial charge < -0.3 is 4.98 Å². The van der Waals surface area contributed by atoms with Crippen molar-refractivity contribution in [1.29, 1.82) is 0 Å². The number of benzene rings is 1. The van der Waals surface area contributed by atoms with Crippen LogP contribution in [0.4, 0.5) is 0 Å². The Morgan fingerprint density at radius 3 is 2.61 bits per heavy atom. The molecule has 5 nitrogen and oxygen atoms in total. The van der Waals surface area contributed by atoms with Gasteiger partial charge in [0.05, 0.1) is 18.6 Å². The number of nitrogens with one attached hydrogen (secondary N) is 2. The molecule has 0 aliphatic rings. The van der Waals surface area contributed by atoms with E-state index in [1.165, 1.54) is 12.5 Å². The molecule has 7 heteroatoms. The van der Waals surface area contributed by atoms with Crippen molar-refractivity contribution in [2.24, 2.45) is 0 Å². The minimum atomic E-state index is -3.63. The van der Waals surface area contributed by atoms with E-state index in [0.29, 0.717) is 0 Å². The normalized spacial score (nSPS) is 13.4. The van der Waals surface area contributed by atoms with Crippen LogP contribution in [0.2, 0.25) is 0 Å². The lowest BCUT2D eigenvalue weighted by Crippen LogP contribution is -2.30. The zero-order valence-corrected chi connectivity index (χ0v) is 10.9. The van der Waals surface area contributed by atoms with E-state index in [4.69, 9.17) is 11.6 Å². The zero-order chi connectivity index (χ0) is 13.0. The van der Waals surface area contributed by atoms with Gasteiger partial charge in [-0.3, -0.25) is 0 Å². The summed E-state index contributed by atoms with van der Waals surface area (Å²) in [7, 11) is -3.63. The topological polar surface area (TPSA) is 74.8 Å². The van der Waals surface area contributed by atoms with E-state index in [1.807, 2.05) is 30.3 Å². The fourth-order valence-electron chi connectivity index (χ4n) is 1.51. The molecular formula is C11H12ClN3O2S. The monoisotopic (exact) mass is 285 g/mol. The van der Waals surface area contributed by atoms with Crippen LogP contribution in [0.15, 0.2) is 47.9 Å². The van der Waals surface area contributed by atoms with Gasteiger partial charge in [-0.25, -0.2) is 18.1 Å². The molecule has 1 heterocycles. The first-order valence-corrected chi connectivity index (χ1v) is 7.27. The molecule has 0 saturated carbocycles. The summed E-state index contributed by atoms with van der Waals surface area (Å²) in [6.45, 7) is 0. The van der Waals surface area contributed by atoms with Gasteiger partial charge >= 0.3 is 0 Å². The maximum absolute atomic E-state index is 12.0. The molecule has 2 rings (SSSR count). The number of halogens is 1. The largest absolute Gasteiger partial charge is 0.335 e. The van der Waals surface area contributed by atoms with Crippen molar-refractivity contribution in [2.45, 2.75) is 11.1 Å². The first-order valence-electron chi connectivity index (χ1n) is 5.25. The van der Waals surface area contributed by atoms with Crippen molar-refractivity contribution < 1.29 is 8.42 Å². The molecule has 2 aromatic rings. The van der Waals surface area contributed by atoms with Crippen LogP contribution in [0.5, 0.6) is 0 Å². The first-order chi connectivity index (χ1) is 8.63. The Hall–Kier alpha value is -1.37. The van der Waals surface area contributed by atoms with Crippen molar-refractivity contribution in [3.63, 3.8) is 0 Å². The predicted octanol–water partition coefficient (Wildman–Crippen LogP) is 1.67. The van der Waals surface area contributed by atoms with Gasteiger partial charge in [-0.15, -0.1) is 11.6 Å². The summed E-state index contributed by atoms with van der Waals surface area (Å²) in [5, 5.41) is 0.0218. The third kappa shape index (κ3) is 2.90. The fourth-order valence-corrected chi connectivity index (χ4v) is 2.99. The van der Waals surface area contributed by atoms with E-state index in [1.54, 1.807) is 0 Å². The highest BCUT2D eigenvalue weighted by Gasteiger charge is 2.21. The molecule has 1 aromatic heterocycles. The Balaban J connectivity index is 2.22. The van der Waals surface area contributed by atoms with Crippen LogP contribution in [0, 0.1) is 0 Å². The molecule has 0 bridgehead atoms. The van der Waals surface area contributed by atoms with E-state index < -0.39 is 16.1 Å². The highest BCUT2D eigenvalue weighted by Crippen LogP contribution is 2.17. The van der Waals surface area contributed by atoms with Gasteiger partial charge in [0.15, 0.2) is 5.03 Å². The van der Waals surface area contributed by atoms with Gasteiger partial charge in [-0.2, -0.15) is 0 Å². The lowest BCUT2D eigenvalue weighted by molar-refractivity contribution is 0.564. The van der Waals surface area contributed by atoms with Crippen molar-refractivity contribution >= 4 is 21.6 Å². The number of hydrogen-bond donors (Lipinski definition) is 2. The van der Waals surface area contributed by atoms with Gasteiger partial charge in [0, 0.05) is 5.88 Å². The number of aromatic amines is 1. The SMILES string of the molecule is O=S(=O)(NC(CCl)c1ccccc1)c1cnc[nH]1. The summed E-state index contributed by atoms with van der Waals surface area (Å²) in [6.07, 6.45) is 2.56. The van der Waals surface area contributed by atoms with Crippen LogP contribution in [0.25, 0.3) is 0 Å². The lowest BCUT2D eigenvalue weighted by atomic mass is 10.1. The molecule has 18 heavy (non-hydrogen) atoms. The van der Waals surface area contributed by atoms with Crippen molar-refractivity contribution in [2.75, 3.05) is 5.88 Å². The molecule has 0 radical (unpaired) electrons. The maximum atomic E-state index is 12.0. The van der Waals surface area contributed by atoms with Crippen molar-refractivity contribution in [3.05, 3.63) is 48.4 Å². The summed E-state index contributed by atoms with van der Waals surface area (Å²) in [6, 6.07) is 8.70. The lowest BCUT2D eigenvalue weighted by Gasteiger charge is -2.15. The van der Waals surface area contributed by atoms with E-state index in [2.05, 4.69) is 14.7 Å². The van der Waals surface area contributed by atoms with Gasteiger partial charge in [0.2, 0.25) is 0 Å². The summed E-state index contributed by atoms with van der Waals surface area (Å²) in [5.41, 5.74) is 0.815. The van der Waals surface area contributed by atoms with Crippen LogP contribution >= 0.6 is 11.6 Å². The maximum Gasteiger partial charge on any atom is 0.258 e. The number of alkyl halides is 1. The van der Waals surface area contributed by atoms with Gasteiger partial charge in [-0.05, 0) is 5.56 Å². The van der Waals surface area contributed by atoms with Crippen LogP contribution in [0.3, 0.4) is 0 Å². The van der Waals surface area contributed by atoms with E-state index >= 15 is 0 Å². The number of H-pyrrole nitrogens is 1. The Morgan fingerprint density at radius 1 is 1.33 bits per heavy atom. The average Bonchev–Trinajstić information content (AvgIpc) is 2.92. The smallest absolute Gasteiger partial charge is 0.258 e. The third-order valence-electron chi connectivity index (χ3n) is 2.42. The second-order valence-corrected chi connectivity index (χ2v) is 5.65. The summed E-state index contributed by atoms with van der Waals surface area (Å²) >= 11 is 5.82. The number of nitrogens with zero attached hydrogens (tertiary/aromatic N) is 1. The molecule has 1 aromatic carbocycles. The molecule has 1 atom stereocenters. The standard InChI is InChI=1S/C11H12ClN3O2S/c12-6-10(9-4-2-1-3-5-9)15-18(16,17)11-7-13-8-14-11/h1-5,7-8,10,15H,6H2,(H,13,14). The average molecular weight is 286 g/mol. The molecule has 0 aliphatic heterocycles. The first kappa shape index (κ1) is 13.1. The molecule has 96 valence electrons. The van der Waals surface area contributed by atoms with E-state index in [9.17, 15) is 8.42 Å².